The highest BCUT2D eigenvalue weighted by Gasteiger charge is 2.41. The van der Waals surface area contributed by atoms with E-state index in [1.54, 1.807) is 6.20 Å². The zero-order valence-electron chi connectivity index (χ0n) is 9.11. The van der Waals surface area contributed by atoms with E-state index in [1.807, 2.05) is 0 Å². The summed E-state index contributed by atoms with van der Waals surface area (Å²) in [5.41, 5.74) is 1.18. The van der Waals surface area contributed by atoms with Crippen LogP contribution in [0.15, 0.2) is 12.3 Å². The molecule has 80 valence electrons. The van der Waals surface area contributed by atoms with Gasteiger partial charge in [-0.05, 0) is 56.1 Å². The molecular formula is C12H17N3. The van der Waals surface area contributed by atoms with Crippen molar-refractivity contribution in [3.8, 4) is 0 Å². The molecule has 1 N–H and O–H groups in total. The molecule has 1 heterocycles. The van der Waals surface area contributed by atoms with Crippen molar-refractivity contribution in [2.45, 2.75) is 38.6 Å². The first-order valence-electron chi connectivity index (χ1n) is 5.89. The summed E-state index contributed by atoms with van der Waals surface area (Å²) < 4.78 is 0. The molecule has 0 spiro atoms. The first-order valence-corrected chi connectivity index (χ1v) is 5.89. The van der Waals surface area contributed by atoms with E-state index in [4.69, 9.17) is 0 Å². The van der Waals surface area contributed by atoms with Crippen molar-refractivity contribution in [1.82, 2.24) is 10.2 Å². The molecule has 0 saturated heterocycles. The molecule has 0 amide bonds. The van der Waals surface area contributed by atoms with Gasteiger partial charge in [0, 0.05) is 6.04 Å². The van der Waals surface area contributed by atoms with E-state index in [0.29, 0.717) is 6.04 Å². The van der Waals surface area contributed by atoms with Crippen LogP contribution in [-0.2, 0) is 0 Å². The molecule has 0 bridgehead atoms. The fourth-order valence-electron chi connectivity index (χ4n) is 2.24. The molecular weight excluding hydrogens is 186 g/mol. The molecule has 2 aliphatic carbocycles. The van der Waals surface area contributed by atoms with Gasteiger partial charge in [0.2, 0.25) is 0 Å². The van der Waals surface area contributed by atoms with Gasteiger partial charge in [-0.1, -0.05) is 0 Å². The van der Waals surface area contributed by atoms with Gasteiger partial charge in [-0.25, -0.2) is 0 Å². The number of aryl methyl sites for hydroxylation is 1. The van der Waals surface area contributed by atoms with Crippen molar-refractivity contribution in [3.05, 3.63) is 17.8 Å². The Balaban J connectivity index is 1.71. The van der Waals surface area contributed by atoms with Gasteiger partial charge in [-0.2, -0.15) is 5.10 Å². The van der Waals surface area contributed by atoms with Crippen molar-refractivity contribution < 1.29 is 0 Å². The van der Waals surface area contributed by atoms with Gasteiger partial charge in [0.1, 0.15) is 5.82 Å². The second-order valence-electron chi connectivity index (χ2n) is 4.96. The van der Waals surface area contributed by atoms with Crippen LogP contribution in [-0.4, -0.2) is 16.2 Å². The zero-order valence-corrected chi connectivity index (χ0v) is 9.11. The van der Waals surface area contributed by atoms with Crippen LogP contribution in [0.5, 0.6) is 0 Å². The lowest BCUT2D eigenvalue weighted by Gasteiger charge is -2.17. The fourth-order valence-corrected chi connectivity index (χ4v) is 2.24. The Morgan fingerprint density at radius 1 is 1.27 bits per heavy atom. The lowest BCUT2D eigenvalue weighted by molar-refractivity contribution is 0.564. The minimum absolute atomic E-state index is 0.668. The molecule has 1 aromatic rings. The molecule has 0 radical (unpaired) electrons. The van der Waals surface area contributed by atoms with Gasteiger partial charge in [-0.3, -0.25) is 0 Å². The highest BCUT2D eigenvalue weighted by Crippen LogP contribution is 2.45. The first kappa shape index (κ1) is 9.13. The summed E-state index contributed by atoms with van der Waals surface area (Å²) in [6.07, 6.45) is 7.38. The standard InChI is InChI=1S/C12H17N3/c1-8-6-11(15-13-7-8)14-12(9-2-3-9)10-4-5-10/h6-7,9-10,12H,2-5H2,1H3,(H,14,15). The average molecular weight is 203 g/mol. The van der Waals surface area contributed by atoms with Crippen molar-refractivity contribution in [2.24, 2.45) is 11.8 Å². The Bertz CT molecular complexity index is 344. The summed E-state index contributed by atoms with van der Waals surface area (Å²) in [5.74, 6) is 2.76. The van der Waals surface area contributed by atoms with E-state index in [2.05, 4.69) is 28.5 Å². The maximum Gasteiger partial charge on any atom is 0.149 e. The second-order valence-corrected chi connectivity index (χ2v) is 4.96. The summed E-state index contributed by atoms with van der Waals surface area (Å²) in [5, 5.41) is 11.7. The van der Waals surface area contributed by atoms with E-state index >= 15 is 0 Å². The quantitative estimate of drug-likeness (QED) is 0.816. The maximum absolute atomic E-state index is 4.14. The zero-order chi connectivity index (χ0) is 10.3. The van der Waals surface area contributed by atoms with Gasteiger partial charge in [0.25, 0.3) is 0 Å². The van der Waals surface area contributed by atoms with Crippen LogP contribution in [0.1, 0.15) is 31.2 Å². The van der Waals surface area contributed by atoms with Crippen LogP contribution in [0.25, 0.3) is 0 Å². The number of anilines is 1. The Morgan fingerprint density at radius 2 is 1.93 bits per heavy atom. The van der Waals surface area contributed by atoms with Gasteiger partial charge >= 0.3 is 0 Å². The maximum atomic E-state index is 4.14. The molecule has 2 fully saturated rings. The largest absolute Gasteiger partial charge is 0.365 e. The Hall–Kier alpha value is -1.12. The monoisotopic (exact) mass is 203 g/mol. The van der Waals surface area contributed by atoms with Gasteiger partial charge in [0.05, 0.1) is 6.20 Å². The number of nitrogens with one attached hydrogen (secondary N) is 1. The summed E-state index contributed by atoms with van der Waals surface area (Å²) >= 11 is 0. The Labute approximate surface area is 90.3 Å². The van der Waals surface area contributed by atoms with Crippen LogP contribution in [0.2, 0.25) is 0 Å². The molecule has 2 aliphatic rings. The summed E-state index contributed by atoms with van der Waals surface area (Å²) in [7, 11) is 0. The second kappa shape index (κ2) is 3.47. The Kier molecular flexibility index (Phi) is 2.11. The first-order chi connectivity index (χ1) is 7.33. The molecule has 15 heavy (non-hydrogen) atoms. The van der Waals surface area contributed by atoms with E-state index in [1.165, 1.54) is 31.2 Å². The van der Waals surface area contributed by atoms with E-state index in [9.17, 15) is 0 Å². The van der Waals surface area contributed by atoms with Crippen LogP contribution >= 0.6 is 0 Å². The molecule has 1 aromatic heterocycles. The normalized spacial score (nSPS) is 20.7. The minimum Gasteiger partial charge on any atom is -0.365 e. The third-order valence-corrected chi connectivity index (χ3v) is 3.37. The van der Waals surface area contributed by atoms with E-state index in [0.717, 1.165) is 17.7 Å². The lowest BCUT2D eigenvalue weighted by Crippen LogP contribution is -2.24. The number of rotatable bonds is 4. The highest BCUT2D eigenvalue weighted by atomic mass is 15.2. The molecule has 0 aliphatic heterocycles. The van der Waals surface area contributed by atoms with Crippen molar-refractivity contribution in [2.75, 3.05) is 5.32 Å². The fraction of sp³-hybridized carbons (Fsp3) is 0.667. The third-order valence-electron chi connectivity index (χ3n) is 3.37. The molecule has 3 nitrogen and oxygen atoms in total. The predicted octanol–water partition coefficient (Wildman–Crippen LogP) is 2.39. The predicted molar refractivity (Wildman–Crippen MR) is 59.6 cm³/mol. The average Bonchev–Trinajstić information content (AvgIpc) is 3.07. The van der Waals surface area contributed by atoms with Crippen LogP contribution in [0.4, 0.5) is 5.82 Å². The third kappa shape index (κ3) is 2.11. The molecule has 0 unspecified atom stereocenters. The minimum atomic E-state index is 0.668. The molecule has 3 heteroatoms. The van der Waals surface area contributed by atoms with Crippen molar-refractivity contribution in [1.29, 1.82) is 0 Å². The molecule has 0 atom stereocenters. The van der Waals surface area contributed by atoms with E-state index in [-0.39, 0.29) is 0 Å². The number of hydrogen-bond acceptors (Lipinski definition) is 3. The number of nitrogens with zero attached hydrogens (tertiary/aromatic N) is 2. The molecule has 3 rings (SSSR count). The van der Waals surface area contributed by atoms with Crippen molar-refractivity contribution >= 4 is 5.82 Å². The SMILES string of the molecule is Cc1cnnc(NC(C2CC2)C2CC2)c1. The number of hydrogen-bond donors (Lipinski definition) is 1. The highest BCUT2D eigenvalue weighted by molar-refractivity contribution is 5.37. The topological polar surface area (TPSA) is 37.8 Å². The lowest BCUT2D eigenvalue weighted by atomic mass is 10.1. The van der Waals surface area contributed by atoms with Crippen LogP contribution < -0.4 is 5.32 Å². The van der Waals surface area contributed by atoms with Gasteiger partial charge < -0.3 is 5.32 Å². The summed E-state index contributed by atoms with van der Waals surface area (Å²) in [6, 6.07) is 2.76. The number of aromatic nitrogens is 2. The van der Waals surface area contributed by atoms with Crippen molar-refractivity contribution in [3.63, 3.8) is 0 Å². The van der Waals surface area contributed by atoms with Gasteiger partial charge in [-0.15, -0.1) is 5.10 Å². The molecule has 0 aromatic carbocycles. The Morgan fingerprint density at radius 3 is 2.47 bits per heavy atom. The van der Waals surface area contributed by atoms with E-state index < -0.39 is 0 Å². The molecule has 2 saturated carbocycles. The summed E-state index contributed by atoms with van der Waals surface area (Å²) in [4.78, 5) is 0. The van der Waals surface area contributed by atoms with Crippen LogP contribution in [0, 0.1) is 18.8 Å². The van der Waals surface area contributed by atoms with Crippen LogP contribution in [0.3, 0.4) is 0 Å². The smallest absolute Gasteiger partial charge is 0.149 e. The summed E-state index contributed by atoms with van der Waals surface area (Å²) in [6.45, 7) is 2.06. The van der Waals surface area contributed by atoms with Gasteiger partial charge in [0.15, 0.2) is 0 Å².